The van der Waals surface area contributed by atoms with Crippen molar-refractivity contribution in [3.05, 3.63) is 58.3 Å². The number of aryl methyl sites for hydroxylation is 1. The van der Waals surface area contributed by atoms with Crippen molar-refractivity contribution in [2.75, 3.05) is 18.0 Å². The lowest BCUT2D eigenvalue weighted by Crippen LogP contribution is -2.57. The Balaban J connectivity index is 1.54. The summed E-state index contributed by atoms with van der Waals surface area (Å²) in [6.07, 6.45) is -1.46. The molecule has 38 heavy (non-hydrogen) atoms. The first kappa shape index (κ1) is 25.7. The molecule has 3 aromatic heterocycles. The van der Waals surface area contributed by atoms with E-state index in [0.717, 1.165) is 25.8 Å². The first-order valence-electron chi connectivity index (χ1n) is 12.3. The molecule has 1 aromatic carbocycles. The molecule has 0 aliphatic carbocycles. The molecule has 0 spiro atoms. The van der Waals surface area contributed by atoms with E-state index in [4.69, 9.17) is 0 Å². The number of pyridine rings is 1. The van der Waals surface area contributed by atoms with E-state index in [-0.39, 0.29) is 35.7 Å². The monoisotopic (exact) mass is 524 g/mol. The number of anilines is 1. The summed E-state index contributed by atoms with van der Waals surface area (Å²) in [5, 5.41) is 13.0. The summed E-state index contributed by atoms with van der Waals surface area (Å²) in [6.45, 7) is 6.86. The Kier molecular flexibility index (Phi) is 6.35. The maximum Gasteiger partial charge on any atom is 0.437 e. The van der Waals surface area contributed by atoms with E-state index in [1.807, 2.05) is 36.1 Å². The number of alkyl halides is 3. The molecule has 1 aliphatic rings. The molecule has 9 nitrogen and oxygen atoms in total. The minimum Gasteiger partial charge on any atom is -0.364 e. The van der Waals surface area contributed by atoms with Crippen LogP contribution in [0, 0.1) is 11.3 Å². The average Bonchev–Trinajstić information content (AvgIpc) is 3.27. The third-order valence-electron chi connectivity index (χ3n) is 7.40. The van der Waals surface area contributed by atoms with E-state index in [0.29, 0.717) is 18.8 Å². The molecule has 0 saturated carbocycles. The second kappa shape index (κ2) is 9.40. The smallest absolute Gasteiger partial charge is 0.364 e. The van der Waals surface area contributed by atoms with Crippen LogP contribution < -0.4 is 10.5 Å². The predicted molar refractivity (Wildman–Crippen MR) is 137 cm³/mol. The maximum atomic E-state index is 13.9. The van der Waals surface area contributed by atoms with Crippen LogP contribution >= 0.6 is 0 Å². The van der Waals surface area contributed by atoms with E-state index in [1.165, 1.54) is 13.1 Å². The normalized spacial score (nSPS) is 19.7. The maximum absolute atomic E-state index is 13.9. The summed E-state index contributed by atoms with van der Waals surface area (Å²) in [5.41, 5.74) is 1.15. The third kappa shape index (κ3) is 4.26. The molecule has 1 aliphatic heterocycles. The van der Waals surface area contributed by atoms with Gasteiger partial charge in [-0.3, -0.25) is 19.7 Å². The Labute approximate surface area is 216 Å². The van der Waals surface area contributed by atoms with Gasteiger partial charge in [-0.2, -0.15) is 23.5 Å². The fourth-order valence-electron chi connectivity index (χ4n) is 5.47. The van der Waals surface area contributed by atoms with Gasteiger partial charge in [-0.1, -0.05) is 6.07 Å². The Hall–Kier alpha value is -3.98. The van der Waals surface area contributed by atoms with Gasteiger partial charge in [-0.15, -0.1) is 0 Å². The van der Waals surface area contributed by atoms with Gasteiger partial charge in [0.15, 0.2) is 5.69 Å². The van der Waals surface area contributed by atoms with Crippen molar-refractivity contribution in [1.29, 1.82) is 5.26 Å². The predicted octanol–water partition coefficient (Wildman–Crippen LogP) is 3.88. The van der Waals surface area contributed by atoms with Gasteiger partial charge in [-0.25, -0.2) is 4.68 Å². The number of hydrogen-bond donors (Lipinski definition) is 0. The number of hydrogen-bond acceptors (Lipinski definition) is 7. The van der Waals surface area contributed by atoms with Gasteiger partial charge in [-0.05, 0) is 38.5 Å². The van der Waals surface area contributed by atoms with Crippen molar-refractivity contribution in [3.63, 3.8) is 0 Å². The highest BCUT2D eigenvalue weighted by Gasteiger charge is 2.40. The van der Waals surface area contributed by atoms with Crippen molar-refractivity contribution < 1.29 is 13.2 Å². The van der Waals surface area contributed by atoms with Gasteiger partial charge in [0.2, 0.25) is 0 Å². The standard InChI is InChI=1S/C26H27F3N8O/c1-15-14-36(16(2)13-35(15)17(3)18-5-6-19-20(11-18)32-9-8-31-19)21-12-22(38)34(4)24-23(21)37(10-7-30)33-25(24)26(27,28)29/h5-6,8-9,11-12,15-17H,10,13-14H2,1-4H3/t15-,16+,17-/m1/s1. The number of nitriles is 1. The lowest BCUT2D eigenvalue weighted by Gasteiger charge is -2.47. The molecule has 4 heterocycles. The largest absolute Gasteiger partial charge is 0.437 e. The highest BCUT2D eigenvalue weighted by molar-refractivity contribution is 5.91. The van der Waals surface area contributed by atoms with Crippen LogP contribution in [-0.4, -0.2) is 54.4 Å². The van der Waals surface area contributed by atoms with Crippen molar-refractivity contribution in [3.8, 4) is 6.07 Å². The minimum absolute atomic E-state index is 0.00675. The van der Waals surface area contributed by atoms with Gasteiger partial charge in [0.1, 0.15) is 17.6 Å². The van der Waals surface area contributed by atoms with Crippen LogP contribution in [0.5, 0.6) is 0 Å². The first-order valence-corrected chi connectivity index (χ1v) is 12.3. The van der Waals surface area contributed by atoms with E-state index in [9.17, 15) is 23.2 Å². The van der Waals surface area contributed by atoms with Crippen LogP contribution in [0.15, 0.2) is 41.5 Å². The number of rotatable bonds is 4. The SMILES string of the molecule is C[C@@H]1CN(c2cc(=O)n(C)c3c(C(F)(F)F)nn(CC#N)c23)[C@@H](C)CN1[C@H](C)c1ccc2nccnc2c1. The molecule has 0 N–H and O–H groups in total. The van der Waals surface area contributed by atoms with E-state index in [2.05, 4.69) is 33.8 Å². The van der Waals surface area contributed by atoms with Crippen molar-refractivity contribution in [2.45, 2.75) is 51.6 Å². The van der Waals surface area contributed by atoms with Gasteiger partial charge >= 0.3 is 6.18 Å². The molecule has 3 atom stereocenters. The number of piperazine rings is 1. The number of benzene rings is 1. The highest BCUT2D eigenvalue weighted by atomic mass is 19.4. The zero-order valence-electron chi connectivity index (χ0n) is 21.4. The number of aromatic nitrogens is 5. The van der Waals surface area contributed by atoms with Crippen LogP contribution in [-0.2, 0) is 19.8 Å². The topological polar surface area (TPSA) is 95.9 Å². The Morgan fingerprint density at radius 2 is 1.79 bits per heavy atom. The average molecular weight is 525 g/mol. The van der Waals surface area contributed by atoms with Crippen LogP contribution in [0.2, 0.25) is 0 Å². The van der Waals surface area contributed by atoms with E-state index in [1.54, 1.807) is 12.4 Å². The Bertz CT molecular complexity index is 1620. The summed E-state index contributed by atoms with van der Waals surface area (Å²) in [5.74, 6) is 0. The highest BCUT2D eigenvalue weighted by Crippen LogP contribution is 2.38. The lowest BCUT2D eigenvalue weighted by molar-refractivity contribution is -0.140. The fraction of sp³-hybridized carbons (Fsp3) is 0.423. The molecule has 0 bridgehead atoms. The molecule has 1 saturated heterocycles. The molecule has 198 valence electrons. The molecular weight excluding hydrogens is 497 g/mol. The number of nitrogens with zero attached hydrogens (tertiary/aromatic N) is 8. The minimum atomic E-state index is -4.78. The molecule has 0 amide bonds. The van der Waals surface area contributed by atoms with E-state index >= 15 is 0 Å². The van der Waals surface area contributed by atoms with Crippen LogP contribution in [0.1, 0.15) is 38.1 Å². The van der Waals surface area contributed by atoms with Crippen molar-refractivity contribution in [2.24, 2.45) is 7.05 Å². The molecule has 12 heteroatoms. The van der Waals surface area contributed by atoms with Gasteiger partial charge in [0.05, 0.1) is 22.8 Å². The lowest BCUT2D eigenvalue weighted by atomic mass is 9.99. The zero-order chi connectivity index (χ0) is 27.4. The van der Waals surface area contributed by atoms with Crippen molar-refractivity contribution >= 4 is 27.8 Å². The summed E-state index contributed by atoms with van der Waals surface area (Å²) in [7, 11) is 1.29. The Morgan fingerprint density at radius 3 is 2.47 bits per heavy atom. The summed E-state index contributed by atoms with van der Waals surface area (Å²) in [6, 6.07) is 9.17. The number of fused-ring (bicyclic) bond motifs is 2. The Morgan fingerprint density at radius 1 is 1.08 bits per heavy atom. The second-order valence-electron chi connectivity index (χ2n) is 9.81. The summed E-state index contributed by atoms with van der Waals surface area (Å²) >= 11 is 0. The molecule has 0 radical (unpaired) electrons. The number of halogens is 3. The fourth-order valence-corrected chi connectivity index (χ4v) is 5.47. The summed E-state index contributed by atoms with van der Waals surface area (Å²) in [4.78, 5) is 25.9. The first-order chi connectivity index (χ1) is 18.0. The van der Waals surface area contributed by atoms with Gasteiger partial charge in [0, 0.05) is 56.7 Å². The molecule has 1 fully saturated rings. The molecule has 5 rings (SSSR count). The molecule has 0 unspecified atom stereocenters. The third-order valence-corrected chi connectivity index (χ3v) is 7.40. The zero-order valence-corrected chi connectivity index (χ0v) is 21.4. The van der Waals surface area contributed by atoms with Crippen LogP contribution in [0.3, 0.4) is 0 Å². The quantitative estimate of drug-likeness (QED) is 0.400. The van der Waals surface area contributed by atoms with Gasteiger partial charge in [0.25, 0.3) is 5.56 Å². The van der Waals surface area contributed by atoms with E-state index < -0.39 is 17.4 Å². The summed E-state index contributed by atoms with van der Waals surface area (Å²) < 4.78 is 43.7. The van der Waals surface area contributed by atoms with Crippen LogP contribution in [0.4, 0.5) is 18.9 Å². The molecular formula is C26H27F3N8O. The molecule has 4 aromatic rings. The van der Waals surface area contributed by atoms with Crippen molar-refractivity contribution in [1.82, 2.24) is 29.2 Å². The second-order valence-corrected chi connectivity index (χ2v) is 9.81. The van der Waals surface area contributed by atoms with Crippen LogP contribution in [0.25, 0.3) is 22.1 Å². The van der Waals surface area contributed by atoms with Gasteiger partial charge < -0.3 is 9.47 Å².